The second-order valence-electron chi connectivity index (χ2n) is 5.20. The minimum atomic E-state index is -0.106. The number of hydrogen-bond donors (Lipinski definition) is 2. The molecule has 1 unspecified atom stereocenters. The third-order valence-electron chi connectivity index (χ3n) is 4.04. The molecule has 2 rings (SSSR count). The third kappa shape index (κ3) is 3.19. The maximum Gasteiger partial charge on any atom is 0.237 e. The first kappa shape index (κ1) is 12.8. The molecule has 2 aliphatic rings. The van der Waals surface area contributed by atoms with Crippen molar-refractivity contribution in [2.24, 2.45) is 0 Å². The van der Waals surface area contributed by atoms with Crippen LogP contribution in [0.2, 0.25) is 0 Å². The molecule has 4 nitrogen and oxygen atoms in total. The molecule has 0 aromatic heterocycles. The number of carbonyl (C=O) groups excluding carboxylic acids is 1. The molecule has 0 spiro atoms. The summed E-state index contributed by atoms with van der Waals surface area (Å²) in [6.45, 7) is 1.87. The number of aliphatic hydroxyl groups excluding tert-OH is 1. The minimum absolute atomic E-state index is 0.0985. The van der Waals surface area contributed by atoms with Gasteiger partial charge in [-0.25, -0.2) is 0 Å². The summed E-state index contributed by atoms with van der Waals surface area (Å²) in [7, 11) is 0. The summed E-state index contributed by atoms with van der Waals surface area (Å²) in [5.41, 5.74) is 0. The minimum Gasteiger partial charge on any atom is -0.396 e. The highest BCUT2D eigenvalue weighted by Crippen LogP contribution is 2.26. The van der Waals surface area contributed by atoms with Crippen molar-refractivity contribution in [3.63, 3.8) is 0 Å². The van der Waals surface area contributed by atoms with E-state index in [0.717, 1.165) is 19.5 Å². The Morgan fingerprint density at radius 3 is 2.71 bits per heavy atom. The lowest BCUT2D eigenvalue weighted by Crippen LogP contribution is -2.50. The number of hydrogen-bond acceptors (Lipinski definition) is 3. The Labute approximate surface area is 103 Å². The van der Waals surface area contributed by atoms with Crippen LogP contribution in [0.5, 0.6) is 0 Å². The van der Waals surface area contributed by atoms with E-state index in [9.17, 15) is 4.79 Å². The summed E-state index contributed by atoms with van der Waals surface area (Å²) >= 11 is 0. The van der Waals surface area contributed by atoms with Crippen molar-refractivity contribution >= 4 is 5.91 Å². The highest BCUT2D eigenvalue weighted by molar-refractivity contribution is 5.82. The van der Waals surface area contributed by atoms with Gasteiger partial charge in [-0.3, -0.25) is 9.69 Å². The van der Waals surface area contributed by atoms with Crippen LogP contribution in [0, 0.1) is 0 Å². The zero-order valence-corrected chi connectivity index (χ0v) is 10.5. The van der Waals surface area contributed by atoms with E-state index in [1.807, 2.05) is 0 Å². The number of nitrogens with one attached hydrogen (secondary N) is 1. The van der Waals surface area contributed by atoms with Crippen molar-refractivity contribution in [3.05, 3.63) is 0 Å². The Bertz CT molecular complexity index is 252. The van der Waals surface area contributed by atoms with Gasteiger partial charge in [0.15, 0.2) is 0 Å². The zero-order valence-electron chi connectivity index (χ0n) is 10.5. The van der Waals surface area contributed by atoms with Crippen LogP contribution in [0.4, 0.5) is 0 Å². The third-order valence-corrected chi connectivity index (χ3v) is 4.04. The van der Waals surface area contributed by atoms with Crippen LogP contribution in [0.15, 0.2) is 0 Å². The first-order valence-corrected chi connectivity index (χ1v) is 6.97. The lowest BCUT2D eigenvalue weighted by Gasteiger charge is -2.37. The molecular formula is C13H24N2O2. The van der Waals surface area contributed by atoms with Crippen LogP contribution in [-0.2, 0) is 4.79 Å². The van der Waals surface area contributed by atoms with Gasteiger partial charge in [0, 0.05) is 25.7 Å². The number of nitrogens with zero attached hydrogens (tertiary/aromatic N) is 1. The Morgan fingerprint density at radius 2 is 2.00 bits per heavy atom. The molecule has 0 bridgehead atoms. The van der Waals surface area contributed by atoms with Crippen LogP contribution >= 0.6 is 0 Å². The lowest BCUT2D eigenvalue weighted by atomic mass is 9.92. The maximum absolute atomic E-state index is 12.0. The predicted octanol–water partition coefficient (Wildman–Crippen LogP) is 0.892. The fourth-order valence-electron chi connectivity index (χ4n) is 3.17. The summed E-state index contributed by atoms with van der Waals surface area (Å²) in [6, 6.07) is 0.453. The van der Waals surface area contributed by atoms with Gasteiger partial charge in [-0.15, -0.1) is 0 Å². The average molecular weight is 240 g/mol. The number of amides is 1. The summed E-state index contributed by atoms with van der Waals surface area (Å²) in [4.78, 5) is 14.4. The Kier molecular flexibility index (Phi) is 4.80. The molecule has 1 atom stereocenters. The Balaban J connectivity index is 2.05. The SMILES string of the molecule is O=C1NCCCN(C2CCCCC2)C1CCO. The molecule has 1 heterocycles. The molecule has 0 aromatic rings. The van der Waals surface area contributed by atoms with Gasteiger partial charge in [-0.1, -0.05) is 19.3 Å². The van der Waals surface area contributed by atoms with Gasteiger partial charge in [0.2, 0.25) is 5.91 Å². The first-order chi connectivity index (χ1) is 8.33. The molecule has 1 saturated heterocycles. The lowest BCUT2D eigenvalue weighted by molar-refractivity contribution is -0.127. The van der Waals surface area contributed by atoms with Crippen LogP contribution in [0.25, 0.3) is 0 Å². The number of aliphatic hydroxyl groups is 1. The highest BCUT2D eigenvalue weighted by Gasteiger charge is 2.32. The maximum atomic E-state index is 12.0. The number of carbonyl (C=O) groups is 1. The van der Waals surface area contributed by atoms with E-state index in [1.54, 1.807) is 0 Å². The van der Waals surface area contributed by atoms with Crippen LogP contribution in [0.3, 0.4) is 0 Å². The van der Waals surface area contributed by atoms with Gasteiger partial charge < -0.3 is 10.4 Å². The molecule has 2 N–H and O–H groups in total. The van der Waals surface area contributed by atoms with Gasteiger partial charge in [0.05, 0.1) is 6.04 Å². The molecule has 1 aliphatic heterocycles. The van der Waals surface area contributed by atoms with Crippen LogP contribution < -0.4 is 5.32 Å². The van der Waals surface area contributed by atoms with E-state index >= 15 is 0 Å². The van der Waals surface area contributed by atoms with Crippen molar-refractivity contribution in [2.75, 3.05) is 19.7 Å². The van der Waals surface area contributed by atoms with Gasteiger partial charge in [-0.2, -0.15) is 0 Å². The van der Waals surface area contributed by atoms with Gasteiger partial charge in [0.25, 0.3) is 0 Å². The van der Waals surface area contributed by atoms with Crippen LogP contribution in [0.1, 0.15) is 44.9 Å². The number of rotatable bonds is 3. The average Bonchev–Trinajstić information content (AvgIpc) is 2.54. The molecule has 17 heavy (non-hydrogen) atoms. The standard InChI is InChI=1S/C13H24N2O2/c16-10-7-12-13(17)14-8-4-9-15(12)11-5-2-1-3-6-11/h11-12,16H,1-10H2,(H,14,17). The Morgan fingerprint density at radius 1 is 1.24 bits per heavy atom. The van der Waals surface area contributed by atoms with Crippen molar-refractivity contribution in [3.8, 4) is 0 Å². The zero-order chi connectivity index (χ0) is 12.1. The summed E-state index contributed by atoms with van der Waals surface area (Å²) in [6.07, 6.45) is 7.95. The fourth-order valence-corrected chi connectivity index (χ4v) is 3.17. The molecule has 1 amide bonds. The molecule has 1 saturated carbocycles. The summed E-state index contributed by atoms with van der Waals surface area (Å²) in [5.74, 6) is 0.113. The van der Waals surface area contributed by atoms with Gasteiger partial charge in [-0.05, 0) is 25.7 Å². The van der Waals surface area contributed by atoms with Crippen LogP contribution in [-0.4, -0.2) is 47.7 Å². The molecule has 98 valence electrons. The van der Waals surface area contributed by atoms with E-state index in [2.05, 4.69) is 10.2 Å². The van der Waals surface area contributed by atoms with Crippen molar-refractivity contribution in [1.82, 2.24) is 10.2 Å². The van der Waals surface area contributed by atoms with Gasteiger partial charge >= 0.3 is 0 Å². The van der Waals surface area contributed by atoms with Crippen molar-refractivity contribution in [1.29, 1.82) is 0 Å². The highest BCUT2D eigenvalue weighted by atomic mass is 16.3. The van der Waals surface area contributed by atoms with Gasteiger partial charge in [0.1, 0.15) is 0 Å². The quantitative estimate of drug-likeness (QED) is 0.770. The van der Waals surface area contributed by atoms with Crippen molar-refractivity contribution in [2.45, 2.75) is 57.0 Å². The molecule has 1 aliphatic carbocycles. The molecular weight excluding hydrogens is 216 g/mol. The van der Waals surface area contributed by atoms with E-state index in [4.69, 9.17) is 5.11 Å². The molecule has 0 aromatic carbocycles. The summed E-state index contributed by atoms with van der Waals surface area (Å²) < 4.78 is 0. The largest absolute Gasteiger partial charge is 0.396 e. The second-order valence-corrected chi connectivity index (χ2v) is 5.20. The fraction of sp³-hybridized carbons (Fsp3) is 0.923. The monoisotopic (exact) mass is 240 g/mol. The normalized spacial score (nSPS) is 28.8. The molecule has 4 heteroatoms. The van der Waals surface area contributed by atoms with Crippen molar-refractivity contribution < 1.29 is 9.90 Å². The summed E-state index contributed by atoms with van der Waals surface area (Å²) in [5, 5.41) is 12.1. The predicted molar refractivity (Wildman–Crippen MR) is 66.7 cm³/mol. The smallest absolute Gasteiger partial charge is 0.237 e. The first-order valence-electron chi connectivity index (χ1n) is 6.97. The van der Waals surface area contributed by atoms with E-state index in [1.165, 1.54) is 32.1 Å². The van der Waals surface area contributed by atoms with E-state index in [-0.39, 0.29) is 18.6 Å². The molecule has 0 radical (unpaired) electrons. The second kappa shape index (κ2) is 6.36. The van der Waals surface area contributed by atoms with E-state index < -0.39 is 0 Å². The Hall–Kier alpha value is -0.610. The topological polar surface area (TPSA) is 52.6 Å². The van der Waals surface area contributed by atoms with E-state index in [0.29, 0.717) is 12.5 Å². The molecule has 2 fully saturated rings.